The molecule has 0 aliphatic carbocycles. The number of aliphatic hydroxyl groups is 1. The van der Waals surface area contributed by atoms with Crippen LogP contribution in [0.5, 0.6) is 5.75 Å². The highest BCUT2D eigenvalue weighted by Crippen LogP contribution is 2.10. The molecule has 1 N–H and O–H groups in total. The van der Waals surface area contributed by atoms with Crippen molar-refractivity contribution in [2.24, 2.45) is 0 Å². The lowest BCUT2D eigenvalue weighted by Crippen LogP contribution is -1.84. The van der Waals surface area contributed by atoms with E-state index in [0.717, 1.165) is 6.29 Å². The molecule has 0 aromatic heterocycles. The van der Waals surface area contributed by atoms with Gasteiger partial charge in [0.1, 0.15) is 12.0 Å². The Morgan fingerprint density at radius 1 is 1.54 bits per heavy atom. The zero-order valence-corrected chi connectivity index (χ0v) is 7.86. The quantitative estimate of drug-likeness (QED) is 0.705. The fourth-order valence-corrected chi connectivity index (χ4v) is 0.715. The summed E-state index contributed by atoms with van der Waals surface area (Å²) in [4.78, 5) is 10.2. The molecule has 0 aliphatic rings. The normalized spacial score (nSPS) is 8.23. The third-order valence-electron chi connectivity index (χ3n) is 1.23. The van der Waals surface area contributed by atoms with Gasteiger partial charge in [-0.1, -0.05) is 12.1 Å². The summed E-state index contributed by atoms with van der Waals surface area (Å²) in [6.07, 6.45) is 0.794. The second-order valence-corrected chi connectivity index (χ2v) is 2.21. The number of hydrogen-bond donors (Lipinski definition) is 1. The fourth-order valence-electron chi connectivity index (χ4n) is 0.715. The van der Waals surface area contributed by atoms with E-state index in [-0.39, 0.29) is 6.61 Å². The molecule has 0 bridgehead atoms. The Kier molecular flexibility index (Phi) is 6.55. The lowest BCUT2D eigenvalue weighted by atomic mass is 10.2. The molecule has 0 aliphatic heterocycles. The molecule has 1 rings (SSSR count). The van der Waals surface area contributed by atoms with E-state index in [2.05, 4.69) is 0 Å². The number of ether oxygens (including phenoxy) is 1. The van der Waals surface area contributed by atoms with Gasteiger partial charge in [-0.2, -0.15) is 0 Å². The van der Waals surface area contributed by atoms with E-state index in [4.69, 9.17) is 9.84 Å². The molecule has 0 saturated carbocycles. The minimum absolute atomic E-state index is 0.250. The van der Waals surface area contributed by atoms with Crippen LogP contribution < -0.4 is 4.74 Å². The van der Waals surface area contributed by atoms with Gasteiger partial charge in [-0.3, -0.25) is 4.79 Å². The maximum absolute atomic E-state index is 10.2. The standard InChI is InChI=1S/C8H8O2.C2H6O/c1-10-8-4-2-3-7(5-8)6-9;1-2-3/h2-6H,1H3;3H,2H2,1H3. The highest BCUT2D eigenvalue weighted by Gasteiger charge is 1.90. The van der Waals surface area contributed by atoms with Crippen LogP contribution in [-0.2, 0) is 0 Å². The van der Waals surface area contributed by atoms with Crippen LogP contribution in [0.15, 0.2) is 24.3 Å². The zero-order valence-electron chi connectivity index (χ0n) is 7.86. The summed E-state index contributed by atoms with van der Waals surface area (Å²) in [6.45, 7) is 1.93. The second kappa shape index (κ2) is 7.31. The number of hydrogen-bond acceptors (Lipinski definition) is 3. The first kappa shape index (κ1) is 11.6. The summed E-state index contributed by atoms with van der Waals surface area (Å²) in [6, 6.07) is 7.00. The van der Waals surface area contributed by atoms with Crippen molar-refractivity contribution >= 4 is 6.29 Å². The van der Waals surface area contributed by atoms with Gasteiger partial charge in [0.15, 0.2) is 0 Å². The maximum Gasteiger partial charge on any atom is 0.150 e. The number of benzene rings is 1. The first-order valence-corrected chi connectivity index (χ1v) is 3.98. The van der Waals surface area contributed by atoms with E-state index in [0.29, 0.717) is 11.3 Å². The molecule has 0 heterocycles. The van der Waals surface area contributed by atoms with Gasteiger partial charge in [0, 0.05) is 12.2 Å². The third kappa shape index (κ3) is 4.98. The van der Waals surface area contributed by atoms with Crippen LogP contribution in [0, 0.1) is 0 Å². The van der Waals surface area contributed by atoms with Crippen LogP contribution in [0.3, 0.4) is 0 Å². The monoisotopic (exact) mass is 182 g/mol. The van der Waals surface area contributed by atoms with Crippen molar-refractivity contribution in [3.05, 3.63) is 29.8 Å². The predicted molar refractivity (Wildman–Crippen MR) is 51.1 cm³/mol. The van der Waals surface area contributed by atoms with Crippen molar-refractivity contribution in [3.8, 4) is 5.75 Å². The Morgan fingerprint density at radius 3 is 2.62 bits per heavy atom. The summed E-state index contributed by atoms with van der Waals surface area (Å²) >= 11 is 0. The molecule has 3 nitrogen and oxygen atoms in total. The Labute approximate surface area is 78.0 Å². The molecule has 0 radical (unpaired) electrons. The predicted octanol–water partition coefficient (Wildman–Crippen LogP) is 1.51. The lowest BCUT2D eigenvalue weighted by Gasteiger charge is -1.97. The molecule has 0 unspecified atom stereocenters. The van der Waals surface area contributed by atoms with Crippen molar-refractivity contribution in [3.63, 3.8) is 0 Å². The summed E-state index contributed by atoms with van der Waals surface area (Å²) in [7, 11) is 1.57. The van der Waals surface area contributed by atoms with Crippen molar-refractivity contribution in [1.29, 1.82) is 0 Å². The number of rotatable bonds is 2. The molecule has 0 atom stereocenters. The largest absolute Gasteiger partial charge is 0.497 e. The molecular formula is C10H14O3. The highest BCUT2D eigenvalue weighted by molar-refractivity contribution is 5.75. The minimum atomic E-state index is 0.250. The smallest absolute Gasteiger partial charge is 0.150 e. The maximum atomic E-state index is 10.2. The Bertz CT molecular complexity index is 246. The number of methoxy groups -OCH3 is 1. The van der Waals surface area contributed by atoms with Gasteiger partial charge in [-0.05, 0) is 19.1 Å². The van der Waals surface area contributed by atoms with E-state index in [1.807, 2.05) is 0 Å². The molecule has 72 valence electrons. The Balaban J connectivity index is 0.000000424. The van der Waals surface area contributed by atoms with Crippen LogP contribution >= 0.6 is 0 Å². The van der Waals surface area contributed by atoms with Gasteiger partial charge in [0.05, 0.1) is 7.11 Å². The third-order valence-corrected chi connectivity index (χ3v) is 1.23. The summed E-state index contributed by atoms with van der Waals surface area (Å²) in [5, 5.41) is 7.57. The van der Waals surface area contributed by atoms with Crippen LogP contribution in [-0.4, -0.2) is 25.1 Å². The first-order chi connectivity index (χ1) is 6.28. The van der Waals surface area contributed by atoms with Crippen LogP contribution in [0.1, 0.15) is 17.3 Å². The molecule has 13 heavy (non-hydrogen) atoms. The van der Waals surface area contributed by atoms with E-state index in [1.165, 1.54) is 0 Å². The topological polar surface area (TPSA) is 46.5 Å². The van der Waals surface area contributed by atoms with Crippen molar-refractivity contribution in [2.75, 3.05) is 13.7 Å². The van der Waals surface area contributed by atoms with E-state index in [9.17, 15) is 4.79 Å². The van der Waals surface area contributed by atoms with Crippen LogP contribution in [0.4, 0.5) is 0 Å². The first-order valence-electron chi connectivity index (χ1n) is 3.98. The average molecular weight is 182 g/mol. The summed E-state index contributed by atoms with van der Waals surface area (Å²) < 4.78 is 4.90. The molecule has 3 heteroatoms. The SMILES string of the molecule is CCO.COc1cccc(C=O)c1. The van der Waals surface area contributed by atoms with E-state index in [1.54, 1.807) is 38.3 Å². The highest BCUT2D eigenvalue weighted by atomic mass is 16.5. The second-order valence-electron chi connectivity index (χ2n) is 2.21. The summed E-state index contributed by atoms with van der Waals surface area (Å²) in [5.41, 5.74) is 0.638. The molecule has 0 spiro atoms. The zero-order chi connectivity index (χ0) is 10.1. The number of aldehydes is 1. The van der Waals surface area contributed by atoms with Gasteiger partial charge in [0.25, 0.3) is 0 Å². The molecule has 0 amide bonds. The van der Waals surface area contributed by atoms with Gasteiger partial charge in [0.2, 0.25) is 0 Å². The van der Waals surface area contributed by atoms with Crippen molar-refractivity contribution in [2.45, 2.75) is 6.92 Å². The molecule has 0 fully saturated rings. The van der Waals surface area contributed by atoms with Crippen molar-refractivity contribution in [1.82, 2.24) is 0 Å². The van der Waals surface area contributed by atoms with E-state index >= 15 is 0 Å². The number of carbonyl (C=O) groups excluding carboxylic acids is 1. The van der Waals surface area contributed by atoms with Gasteiger partial charge >= 0.3 is 0 Å². The Hall–Kier alpha value is -1.35. The molecule has 1 aromatic carbocycles. The van der Waals surface area contributed by atoms with Gasteiger partial charge < -0.3 is 9.84 Å². The molecule has 0 saturated heterocycles. The molecule has 1 aromatic rings. The average Bonchev–Trinajstić information content (AvgIpc) is 2.19. The number of carbonyl (C=O) groups is 1. The minimum Gasteiger partial charge on any atom is -0.497 e. The van der Waals surface area contributed by atoms with Gasteiger partial charge in [-0.15, -0.1) is 0 Å². The Morgan fingerprint density at radius 2 is 2.15 bits per heavy atom. The molecular weight excluding hydrogens is 168 g/mol. The fraction of sp³-hybridized carbons (Fsp3) is 0.300. The lowest BCUT2D eigenvalue weighted by molar-refractivity contribution is 0.112. The number of aliphatic hydroxyl groups excluding tert-OH is 1. The van der Waals surface area contributed by atoms with Crippen LogP contribution in [0.25, 0.3) is 0 Å². The summed E-state index contributed by atoms with van der Waals surface area (Å²) in [5.74, 6) is 0.713. The van der Waals surface area contributed by atoms with Gasteiger partial charge in [-0.25, -0.2) is 0 Å². The van der Waals surface area contributed by atoms with Crippen molar-refractivity contribution < 1.29 is 14.6 Å². The van der Waals surface area contributed by atoms with E-state index < -0.39 is 0 Å². The van der Waals surface area contributed by atoms with Crippen LogP contribution in [0.2, 0.25) is 0 Å².